The van der Waals surface area contributed by atoms with Gasteiger partial charge in [0.05, 0.1) is 5.52 Å². The number of aromatic nitrogens is 2. The van der Waals surface area contributed by atoms with Crippen molar-refractivity contribution < 1.29 is 4.79 Å². The van der Waals surface area contributed by atoms with Crippen LogP contribution in [0.2, 0.25) is 0 Å². The number of benzene rings is 2. The zero-order valence-corrected chi connectivity index (χ0v) is 13.9. The van der Waals surface area contributed by atoms with Gasteiger partial charge in [-0.2, -0.15) is 5.10 Å². The van der Waals surface area contributed by atoms with Gasteiger partial charge in [-0.1, -0.05) is 30.3 Å². The van der Waals surface area contributed by atoms with Crippen molar-refractivity contribution in [1.82, 2.24) is 10.2 Å². The number of allylic oxidation sites excluding steroid dienone is 3. The molecule has 3 rings (SSSR count). The summed E-state index contributed by atoms with van der Waals surface area (Å²) < 4.78 is 0. The van der Waals surface area contributed by atoms with E-state index >= 15 is 0 Å². The van der Waals surface area contributed by atoms with Gasteiger partial charge >= 0.3 is 0 Å². The predicted octanol–water partition coefficient (Wildman–Crippen LogP) is 4.43. The van der Waals surface area contributed by atoms with E-state index in [-0.39, 0.29) is 5.91 Å². The van der Waals surface area contributed by atoms with Crippen LogP contribution in [0.4, 0.5) is 5.69 Å². The zero-order chi connectivity index (χ0) is 17.6. The monoisotopic (exact) mass is 330 g/mol. The van der Waals surface area contributed by atoms with Crippen molar-refractivity contribution in [1.29, 1.82) is 0 Å². The SMILES string of the molecule is C=N/C=C\C=C(/C)c1ccc2[nH]nc(C(=O)Nc3ccccc3)c2c1. The van der Waals surface area contributed by atoms with E-state index < -0.39 is 0 Å². The number of carbonyl (C=O) groups excluding carboxylic acids is 1. The second kappa shape index (κ2) is 7.40. The second-order valence-electron chi connectivity index (χ2n) is 5.53. The number of H-pyrrole nitrogens is 1. The minimum absolute atomic E-state index is 0.244. The molecule has 0 aliphatic carbocycles. The Morgan fingerprint density at radius 3 is 2.80 bits per heavy atom. The Morgan fingerprint density at radius 1 is 1.24 bits per heavy atom. The third-order valence-electron chi connectivity index (χ3n) is 3.80. The molecule has 0 bridgehead atoms. The Kier molecular flexibility index (Phi) is 4.85. The summed E-state index contributed by atoms with van der Waals surface area (Å²) >= 11 is 0. The summed E-state index contributed by atoms with van der Waals surface area (Å²) in [5.74, 6) is -0.244. The molecule has 3 aromatic rings. The second-order valence-corrected chi connectivity index (χ2v) is 5.53. The number of nitrogens with zero attached hydrogens (tertiary/aromatic N) is 2. The smallest absolute Gasteiger partial charge is 0.276 e. The van der Waals surface area contributed by atoms with Crippen LogP contribution in [0.5, 0.6) is 0 Å². The predicted molar refractivity (Wildman–Crippen MR) is 103 cm³/mol. The molecule has 5 nitrogen and oxygen atoms in total. The lowest BCUT2D eigenvalue weighted by molar-refractivity contribution is 0.102. The third-order valence-corrected chi connectivity index (χ3v) is 3.80. The highest BCUT2D eigenvalue weighted by atomic mass is 16.1. The molecule has 2 aromatic carbocycles. The highest BCUT2D eigenvalue weighted by Crippen LogP contribution is 2.23. The van der Waals surface area contributed by atoms with E-state index in [1.54, 1.807) is 6.20 Å². The highest BCUT2D eigenvalue weighted by molar-refractivity contribution is 6.11. The highest BCUT2D eigenvalue weighted by Gasteiger charge is 2.15. The average Bonchev–Trinajstić information content (AvgIpc) is 3.06. The number of hydrogen-bond acceptors (Lipinski definition) is 3. The average molecular weight is 330 g/mol. The molecule has 0 radical (unpaired) electrons. The molecule has 0 aliphatic rings. The number of fused-ring (bicyclic) bond motifs is 1. The van der Waals surface area contributed by atoms with Crippen molar-refractivity contribution >= 4 is 34.8 Å². The lowest BCUT2D eigenvalue weighted by Crippen LogP contribution is -2.12. The summed E-state index contributed by atoms with van der Waals surface area (Å²) in [6.45, 7) is 5.41. The Bertz CT molecular complexity index is 968. The molecule has 0 saturated heterocycles. The van der Waals surface area contributed by atoms with Crippen LogP contribution in [-0.2, 0) is 0 Å². The van der Waals surface area contributed by atoms with Crippen molar-refractivity contribution in [3.8, 4) is 0 Å². The van der Waals surface area contributed by atoms with Crippen LogP contribution in [0.25, 0.3) is 16.5 Å². The lowest BCUT2D eigenvalue weighted by atomic mass is 10.0. The summed E-state index contributed by atoms with van der Waals surface area (Å²) in [6.07, 6.45) is 5.39. The van der Waals surface area contributed by atoms with Gasteiger partial charge < -0.3 is 5.32 Å². The van der Waals surface area contributed by atoms with Crippen LogP contribution in [0, 0.1) is 0 Å². The molecule has 0 unspecified atom stereocenters. The van der Waals surface area contributed by atoms with E-state index in [1.807, 2.05) is 67.6 Å². The fourth-order valence-electron chi connectivity index (χ4n) is 2.49. The van der Waals surface area contributed by atoms with Gasteiger partial charge in [0.2, 0.25) is 0 Å². The summed E-state index contributed by atoms with van der Waals surface area (Å²) in [4.78, 5) is 16.2. The van der Waals surface area contributed by atoms with Crippen LogP contribution < -0.4 is 5.32 Å². The molecule has 5 heteroatoms. The van der Waals surface area contributed by atoms with E-state index in [0.717, 1.165) is 27.7 Å². The molecule has 0 spiro atoms. The van der Waals surface area contributed by atoms with Gasteiger partial charge in [0, 0.05) is 17.3 Å². The summed E-state index contributed by atoms with van der Waals surface area (Å²) in [5.41, 5.74) is 3.99. The normalized spacial score (nSPS) is 11.8. The number of carbonyl (C=O) groups is 1. The Morgan fingerprint density at radius 2 is 2.04 bits per heavy atom. The fourth-order valence-corrected chi connectivity index (χ4v) is 2.49. The number of hydrogen-bond donors (Lipinski definition) is 2. The van der Waals surface area contributed by atoms with Gasteiger partial charge in [-0.15, -0.1) is 0 Å². The minimum atomic E-state index is -0.244. The largest absolute Gasteiger partial charge is 0.321 e. The molecule has 25 heavy (non-hydrogen) atoms. The molecule has 0 fully saturated rings. The molecular weight excluding hydrogens is 312 g/mol. The number of aliphatic imine (C=N–C) groups is 1. The number of anilines is 1. The number of amides is 1. The Labute approximate surface area is 145 Å². The quantitative estimate of drug-likeness (QED) is 0.536. The maximum atomic E-state index is 12.5. The number of rotatable bonds is 5. The molecule has 1 aromatic heterocycles. The fraction of sp³-hybridized carbons (Fsp3) is 0.0500. The number of nitrogens with one attached hydrogen (secondary N) is 2. The van der Waals surface area contributed by atoms with Gasteiger partial charge in [0.1, 0.15) is 0 Å². The van der Waals surface area contributed by atoms with E-state index in [1.165, 1.54) is 0 Å². The summed E-state index contributed by atoms with van der Waals surface area (Å²) in [5, 5.41) is 10.7. The van der Waals surface area contributed by atoms with Crippen LogP contribution in [0.3, 0.4) is 0 Å². The molecule has 124 valence electrons. The summed E-state index contributed by atoms with van der Waals surface area (Å²) in [6, 6.07) is 15.2. The van der Waals surface area contributed by atoms with Gasteiger partial charge in [-0.05, 0) is 55.1 Å². The van der Waals surface area contributed by atoms with E-state index in [4.69, 9.17) is 0 Å². The molecular formula is C20H18N4O. The standard InChI is InChI=1S/C20H18N4O/c1-14(7-6-12-21-2)15-10-11-18-17(13-15)19(24-23-18)20(25)22-16-8-4-3-5-9-16/h3-13H,2H2,1H3,(H,22,25)(H,23,24)/b12-6-,14-7+. The van der Waals surface area contributed by atoms with Crippen LogP contribution in [0.1, 0.15) is 23.0 Å². The van der Waals surface area contributed by atoms with Crippen molar-refractivity contribution in [3.63, 3.8) is 0 Å². The lowest BCUT2D eigenvalue weighted by Gasteiger charge is -2.04. The molecule has 2 N–H and O–H groups in total. The minimum Gasteiger partial charge on any atom is -0.321 e. The first-order valence-corrected chi connectivity index (χ1v) is 7.83. The maximum absolute atomic E-state index is 12.5. The van der Waals surface area contributed by atoms with Crippen LogP contribution in [0.15, 0.2) is 71.9 Å². The van der Waals surface area contributed by atoms with E-state index in [0.29, 0.717) is 5.69 Å². The first-order chi connectivity index (χ1) is 12.2. The summed E-state index contributed by atoms with van der Waals surface area (Å²) in [7, 11) is 0. The van der Waals surface area contributed by atoms with E-state index in [2.05, 4.69) is 27.2 Å². The third kappa shape index (κ3) is 3.72. The number of para-hydroxylation sites is 1. The zero-order valence-electron chi connectivity index (χ0n) is 13.9. The first kappa shape index (κ1) is 16.4. The van der Waals surface area contributed by atoms with Gasteiger partial charge in [-0.3, -0.25) is 14.9 Å². The van der Waals surface area contributed by atoms with Crippen LogP contribution >= 0.6 is 0 Å². The molecule has 0 saturated carbocycles. The van der Waals surface area contributed by atoms with Crippen molar-refractivity contribution in [2.24, 2.45) is 4.99 Å². The maximum Gasteiger partial charge on any atom is 0.276 e. The van der Waals surface area contributed by atoms with Gasteiger partial charge in [-0.25, -0.2) is 0 Å². The van der Waals surface area contributed by atoms with Gasteiger partial charge in [0.15, 0.2) is 5.69 Å². The van der Waals surface area contributed by atoms with Gasteiger partial charge in [0.25, 0.3) is 5.91 Å². The van der Waals surface area contributed by atoms with Crippen molar-refractivity contribution in [3.05, 3.63) is 78.1 Å². The molecule has 1 heterocycles. The molecule has 1 amide bonds. The Hall–Kier alpha value is -3.47. The first-order valence-electron chi connectivity index (χ1n) is 7.83. The Balaban J connectivity index is 1.93. The molecule has 0 aliphatic heterocycles. The number of aromatic amines is 1. The van der Waals surface area contributed by atoms with Crippen molar-refractivity contribution in [2.75, 3.05) is 5.32 Å². The van der Waals surface area contributed by atoms with E-state index in [9.17, 15) is 4.79 Å². The molecule has 0 atom stereocenters. The topological polar surface area (TPSA) is 70.1 Å². The van der Waals surface area contributed by atoms with Crippen LogP contribution in [-0.4, -0.2) is 22.8 Å². The van der Waals surface area contributed by atoms with Crippen molar-refractivity contribution in [2.45, 2.75) is 6.92 Å².